The van der Waals surface area contributed by atoms with Crippen LogP contribution in [0.5, 0.6) is 0 Å². The molecule has 0 aromatic heterocycles. The van der Waals surface area contributed by atoms with Gasteiger partial charge in [-0.15, -0.1) is 0 Å². The van der Waals surface area contributed by atoms with E-state index in [1.807, 2.05) is 24.3 Å². The van der Waals surface area contributed by atoms with Crippen LogP contribution in [-0.2, 0) is 16.1 Å². The van der Waals surface area contributed by atoms with Crippen molar-refractivity contribution in [2.45, 2.75) is 20.5 Å². The zero-order valence-corrected chi connectivity index (χ0v) is 10.6. The van der Waals surface area contributed by atoms with E-state index in [-0.39, 0.29) is 5.97 Å². The van der Waals surface area contributed by atoms with E-state index in [4.69, 9.17) is 4.74 Å². The number of benzene rings is 2. The van der Waals surface area contributed by atoms with Crippen LogP contribution in [-0.4, -0.2) is 5.97 Å². The van der Waals surface area contributed by atoms with E-state index in [9.17, 15) is 4.79 Å². The summed E-state index contributed by atoms with van der Waals surface area (Å²) in [6, 6.07) is 16.4. The monoisotopic (exact) mass is 240 g/mol. The summed E-state index contributed by atoms with van der Waals surface area (Å²) in [5, 5.41) is 0. The molecule has 0 unspecified atom stereocenters. The molecule has 0 aliphatic rings. The first-order valence-corrected chi connectivity index (χ1v) is 5.95. The lowest BCUT2D eigenvalue weighted by molar-refractivity contribution is -0.142. The number of carbonyl (C=O) groups excluding carboxylic acids is 1. The molecule has 0 spiro atoms. The van der Waals surface area contributed by atoms with Crippen molar-refractivity contribution < 1.29 is 9.53 Å². The van der Waals surface area contributed by atoms with Crippen molar-refractivity contribution in [2.75, 3.05) is 0 Å². The number of rotatable bonds is 3. The van der Waals surface area contributed by atoms with Crippen molar-refractivity contribution in [3.8, 4) is 11.1 Å². The molecule has 0 N–H and O–H groups in total. The molecule has 0 amide bonds. The highest BCUT2D eigenvalue weighted by Crippen LogP contribution is 2.23. The van der Waals surface area contributed by atoms with Crippen LogP contribution in [0.4, 0.5) is 0 Å². The van der Waals surface area contributed by atoms with Crippen LogP contribution in [0.3, 0.4) is 0 Å². The van der Waals surface area contributed by atoms with Gasteiger partial charge in [0, 0.05) is 6.92 Å². The van der Waals surface area contributed by atoms with Crippen LogP contribution in [0.25, 0.3) is 11.1 Å². The average molecular weight is 240 g/mol. The van der Waals surface area contributed by atoms with Gasteiger partial charge in [-0.05, 0) is 29.2 Å². The van der Waals surface area contributed by atoms with Crippen LogP contribution < -0.4 is 0 Å². The third-order valence-corrected chi connectivity index (χ3v) is 2.85. The van der Waals surface area contributed by atoms with Crippen molar-refractivity contribution in [1.29, 1.82) is 0 Å². The van der Waals surface area contributed by atoms with Gasteiger partial charge in [-0.2, -0.15) is 0 Å². The van der Waals surface area contributed by atoms with Crippen LogP contribution in [0.15, 0.2) is 48.5 Å². The van der Waals surface area contributed by atoms with Gasteiger partial charge in [0.2, 0.25) is 0 Å². The zero-order valence-electron chi connectivity index (χ0n) is 10.6. The molecule has 18 heavy (non-hydrogen) atoms. The molecular formula is C16H16O2. The first kappa shape index (κ1) is 12.4. The summed E-state index contributed by atoms with van der Waals surface area (Å²) in [5.41, 5.74) is 4.67. The maximum atomic E-state index is 10.7. The van der Waals surface area contributed by atoms with Gasteiger partial charge in [-0.1, -0.05) is 48.5 Å². The van der Waals surface area contributed by atoms with Gasteiger partial charge in [-0.25, -0.2) is 0 Å². The van der Waals surface area contributed by atoms with Crippen molar-refractivity contribution >= 4 is 5.97 Å². The smallest absolute Gasteiger partial charge is 0.302 e. The highest BCUT2D eigenvalue weighted by atomic mass is 16.5. The Balaban J connectivity index is 2.17. The molecule has 0 atom stereocenters. The number of hydrogen-bond donors (Lipinski definition) is 0. The largest absolute Gasteiger partial charge is 0.461 e. The molecule has 0 saturated heterocycles. The minimum atomic E-state index is -0.252. The first-order chi connectivity index (χ1) is 8.66. The second-order valence-electron chi connectivity index (χ2n) is 4.29. The van der Waals surface area contributed by atoms with Gasteiger partial charge in [0.05, 0.1) is 0 Å². The standard InChI is InChI=1S/C16H16O2/c1-12-5-3-4-6-16(12)15-9-7-14(8-10-15)11-18-13(2)17/h3-10H,11H2,1-2H3. The van der Waals surface area contributed by atoms with Gasteiger partial charge in [0.15, 0.2) is 0 Å². The maximum absolute atomic E-state index is 10.7. The van der Waals surface area contributed by atoms with Crippen molar-refractivity contribution in [1.82, 2.24) is 0 Å². The molecule has 0 heterocycles. The Morgan fingerprint density at radius 1 is 1.06 bits per heavy atom. The fraction of sp³-hybridized carbons (Fsp3) is 0.188. The number of ether oxygens (including phenoxy) is 1. The first-order valence-electron chi connectivity index (χ1n) is 5.95. The number of hydrogen-bond acceptors (Lipinski definition) is 2. The Bertz CT molecular complexity index is 541. The lowest BCUT2D eigenvalue weighted by Gasteiger charge is -2.07. The third kappa shape index (κ3) is 2.98. The van der Waals surface area contributed by atoms with Gasteiger partial charge >= 0.3 is 5.97 Å². The van der Waals surface area contributed by atoms with E-state index in [0.29, 0.717) is 6.61 Å². The Kier molecular flexibility index (Phi) is 3.78. The van der Waals surface area contributed by atoms with Gasteiger partial charge in [0.1, 0.15) is 6.61 Å². The molecule has 0 saturated carbocycles. The Labute approximate surface area is 107 Å². The quantitative estimate of drug-likeness (QED) is 0.764. The lowest BCUT2D eigenvalue weighted by Crippen LogP contribution is -1.98. The third-order valence-electron chi connectivity index (χ3n) is 2.85. The molecular weight excluding hydrogens is 224 g/mol. The number of carbonyl (C=O) groups is 1. The maximum Gasteiger partial charge on any atom is 0.302 e. The van der Waals surface area contributed by atoms with Crippen molar-refractivity contribution in [2.24, 2.45) is 0 Å². The minimum absolute atomic E-state index is 0.252. The molecule has 0 bridgehead atoms. The summed E-state index contributed by atoms with van der Waals surface area (Å²) in [7, 11) is 0. The highest BCUT2D eigenvalue weighted by Gasteiger charge is 2.01. The van der Waals surface area contributed by atoms with E-state index in [1.54, 1.807) is 0 Å². The molecule has 2 nitrogen and oxygen atoms in total. The molecule has 2 heteroatoms. The summed E-state index contributed by atoms with van der Waals surface area (Å²) in [5.74, 6) is -0.252. The summed E-state index contributed by atoms with van der Waals surface area (Å²) in [6.07, 6.45) is 0. The Hall–Kier alpha value is -2.09. The molecule has 0 aliphatic heterocycles. The van der Waals surface area contributed by atoms with E-state index < -0.39 is 0 Å². The topological polar surface area (TPSA) is 26.3 Å². The SMILES string of the molecule is CC(=O)OCc1ccc(-c2ccccc2C)cc1. The van der Waals surface area contributed by atoms with Gasteiger partial charge < -0.3 is 4.74 Å². The van der Waals surface area contributed by atoms with E-state index in [0.717, 1.165) is 5.56 Å². The molecule has 2 rings (SSSR count). The number of esters is 1. The molecule has 0 fully saturated rings. The normalized spacial score (nSPS) is 10.1. The molecule has 92 valence electrons. The fourth-order valence-electron chi connectivity index (χ4n) is 1.86. The summed E-state index contributed by atoms with van der Waals surface area (Å²) in [4.78, 5) is 10.7. The van der Waals surface area contributed by atoms with Crippen molar-refractivity contribution in [3.05, 3.63) is 59.7 Å². The van der Waals surface area contributed by atoms with Crippen LogP contribution in [0, 0.1) is 6.92 Å². The summed E-state index contributed by atoms with van der Waals surface area (Å²) < 4.78 is 4.96. The number of aryl methyl sites for hydroxylation is 1. The van der Waals surface area contributed by atoms with E-state index in [1.165, 1.54) is 23.6 Å². The van der Waals surface area contributed by atoms with Gasteiger partial charge in [0.25, 0.3) is 0 Å². The van der Waals surface area contributed by atoms with Crippen molar-refractivity contribution in [3.63, 3.8) is 0 Å². The van der Waals surface area contributed by atoms with Crippen LogP contribution >= 0.6 is 0 Å². The molecule has 2 aromatic carbocycles. The Morgan fingerprint density at radius 3 is 2.33 bits per heavy atom. The molecule has 0 radical (unpaired) electrons. The Morgan fingerprint density at radius 2 is 1.72 bits per heavy atom. The van der Waals surface area contributed by atoms with E-state index >= 15 is 0 Å². The second-order valence-corrected chi connectivity index (χ2v) is 4.29. The molecule has 2 aromatic rings. The minimum Gasteiger partial charge on any atom is -0.461 e. The summed E-state index contributed by atoms with van der Waals surface area (Å²) >= 11 is 0. The van der Waals surface area contributed by atoms with Crippen LogP contribution in [0.1, 0.15) is 18.1 Å². The zero-order chi connectivity index (χ0) is 13.0. The van der Waals surface area contributed by atoms with Gasteiger partial charge in [-0.3, -0.25) is 4.79 Å². The average Bonchev–Trinajstić information content (AvgIpc) is 2.38. The predicted octanol–water partition coefficient (Wildman–Crippen LogP) is 3.73. The van der Waals surface area contributed by atoms with E-state index in [2.05, 4.69) is 31.2 Å². The lowest BCUT2D eigenvalue weighted by atomic mass is 10.00. The fourth-order valence-corrected chi connectivity index (χ4v) is 1.86. The molecule has 0 aliphatic carbocycles. The summed E-state index contributed by atoms with van der Waals surface area (Å²) in [6.45, 7) is 3.85. The second kappa shape index (κ2) is 5.50. The van der Waals surface area contributed by atoms with Crippen LogP contribution in [0.2, 0.25) is 0 Å². The highest BCUT2D eigenvalue weighted by molar-refractivity contribution is 5.67. The predicted molar refractivity (Wildman–Crippen MR) is 72.1 cm³/mol.